The van der Waals surface area contributed by atoms with Crippen molar-refractivity contribution in [2.24, 2.45) is 0 Å². The molecule has 9 heteroatoms. The molecule has 45 heavy (non-hydrogen) atoms. The van der Waals surface area contributed by atoms with Crippen LogP contribution in [-0.2, 0) is 26.2 Å². The number of sulfonamides is 1. The number of hydrogen-bond acceptors (Lipinski definition) is 5. The van der Waals surface area contributed by atoms with Crippen molar-refractivity contribution in [3.63, 3.8) is 0 Å². The van der Waals surface area contributed by atoms with Crippen LogP contribution in [0.4, 0.5) is 5.69 Å². The van der Waals surface area contributed by atoms with Gasteiger partial charge < -0.3 is 15.0 Å². The maximum Gasteiger partial charge on any atom is 0.264 e. The zero-order chi connectivity index (χ0) is 32.8. The van der Waals surface area contributed by atoms with E-state index in [0.29, 0.717) is 11.5 Å². The van der Waals surface area contributed by atoms with E-state index in [1.54, 1.807) is 43.3 Å². The van der Waals surface area contributed by atoms with E-state index in [0.717, 1.165) is 21.0 Å². The third-order valence-electron chi connectivity index (χ3n) is 7.09. The van der Waals surface area contributed by atoms with Crippen LogP contribution < -0.4 is 14.4 Å². The topological polar surface area (TPSA) is 96.0 Å². The van der Waals surface area contributed by atoms with E-state index >= 15 is 0 Å². The SMILES string of the molecule is Cc1ccc(S(=O)(=O)N(CC(=O)N(Cc2cccc(C)c2)C(C)C(=O)NC(C)(C)C)c2ccc(Oc3ccccc3)cc2)cc1. The molecule has 0 aliphatic rings. The van der Waals surface area contributed by atoms with Crippen molar-refractivity contribution in [2.75, 3.05) is 10.8 Å². The van der Waals surface area contributed by atoms with Gasteiger partial charge in [0.2, 0.25) is 11.8 Å². The van der Waals surface area contributed by atoms with E-state index in [9.17, 15) is 18.0 Å². The molecule has 0 aliphatic heterocycles. The summed E-state index contributed by atoms with van der Waals surface area (Å²) < 4.78 is 35.2. The summed E-state index contributed by atoms with van der Waals surface area (Å²) in [5.74, 6) is 0.295. The van der Waals surface area contributed by atoms with Crippen LogP contribution in [0.1, 0.15) is 44.4 Å². The molecule has 0 aromatic heterocycles. The van der Waals surface area contributed by atoms with E-state index in [2.05, 4.69) is 5.32 Å². The minimum absolute atomic E-state index is 0.0503. The maximum atomic E-state index is 14.2. The summed E-state index contributed by atoms with van der Waals surface area (Å²) in [5, 5.41) is 2.95. The van der Waals surface area contributed by atoms with Gasteiger partial charge in [0.05, 0.1) is 10.6 Å². The van der Waals surface area contributed by atoms with Gasteiger partial charge in [-0.05, 0) is 95.6 Å². The number of ether oxygens (including phenoxy) is 1. The normalized spacial score (nSPS) is 12.2. The summed E-state index contributed by atoms with van der Waals surface area (Å²) in [7, 11) is -4.18. The van der Waals surface area contributed by atoms with Crippen LogP contribution >= 0.6 is 0 Å². The largest absolute Gasteiger partial charge is 0.457 e. The predicted octanol–water partition coefficient (Wildman–Crippen LogP) is 6.62. The van der Waals surface area contributed by atoms with E-state index in [4.69, 9.17) is 4.74 Å². The first kappa shape index (κ1) is 33.3. The molecule has 1 N–H and O–H groups in total. The zero-order valence-corrected chi connectivity index (χ0v) is 27.5. The van der Waals surface area contributed by atoms with E-state index < -0.39 is 34.1 Å². The Labute approximate surface area is 266 Å². The van der Waals surface area contributed by atoms with Crippen molar-refractivity contribution in [1.29, 1.82) is 0 Å². The van der Waals surface area contributed by atoms with Crippen LogP contribution in [0.2, 0.25) is 0 Å². The van der Waals surface area contributed by atoms with Crippen LogP contribution in [0.15, 0.2) is 108 Å². The van der Waals surface area contributed by atoms with Crippen molar-refractivity contribution >= 4 is 27.5 Å². The Hall–Kier alpha value is -4.63. The molecule has 0 fully saturated rings. The number of amides is 2. The fourth-order valence-electron chi connectivity index (χ4n) is 4.74. The Morgan fingerprint density at radius 2 is 1.42 bits per heavy atom. The van der Waals surface area contributed by atoms with Gasteiger partial charge in [0.15, 0.2) is 0 Å². The Morgan fingerprint density at radius 3 is 2.02 bits per heavy atom. The smallest absolute Gasteiger partial charge is 0.264 e. The van der Waals surface area contributed by atoms with Crippen molar-refractivity contribution in [2.45, 2.75) is 64.6 Å². The summed E-state index contributed by atoms with van der Waals surface area (Å²) in [6.45, 7) is 10.7. The van der Waals surface area contributed by atoms with Crippen LogP contribution in [0.5, 0.6) is 11.5 Å². The quantitative estimate of drug-likeness (QED) is 0.202. The number of benzene rings is 4. The second kappa shape index (κ2) is 14.0. The number of rotatable bonds is 11. The monoisotopic (exact) mass is 627 g/mol. The number of nitrogens with zero attached hydrogens (tertiary/aromatic N) is 2. The molecule has 4 aromatic carbocycles. The van der Waals surface area contributed by atoms with Gasteiger partial charge in [-0.2, -0.15) is 0 Å². The van der Waals surface area contributed by atoms with Gasteiger partial charge in [-0.15, -0.1) is 0 Å². The summed E-state index contributed by atoms with van der Waals surface area (Å²) in [6.07, 6.45) is 0. The van der Waals surface area contributed by atoms with E-state index in [1.807, 2.05) is 89.2 Å². The summed E-state index contributed by atoms with van der Waals surface area (Å²) in [5.41, 5.74) is 2.50. The third kappa shape index (κ3) is 8.95. The summed E-state index contributed by atoms with van der Waals surface area (Å²) >= 11 is 0. The average molecular weight is 628 g/mol. The van der Waals surface area contributed by atoms with Crippen LogP contribution in [0.25, 0.3) is 0 Å². The lowest BCUT2D eigenvalue weighted by molar-refractivity contribution is -0.140. The number of anilines is 1. The number of aryl methyl sites for hydroxylation is 2. The molecule has 0 saturated heterocycles. The maximum absolute atomic E-state index is 14.2. The van der Waals surface area contributed by atoms with Gasteiger partial charge in [0, 0.05) is 12.1 Å². The van der Waals surface area contributed by atoms with Gasteiger partial charge in [-0.1, -0.05) is 65.7 Å². The number of carbonyl (C=O) groups excluding carboxylic acids is 2. The average Bonchev–Trinajstić information content (AvgIpc) is 2.98. The molecule has 0 bridgehead atoms. The minimum atomic E-state index is -4.18. The van der Waals surface area contributed by atoms with Gasteiger partial charge >= 0.3 is 0 Å². The Morgan fingerprint density at radius 1 is 0.800 bits per heavy atom. The van der Waals surface area contributed by atoms with Gasteiger partial charge in [-0.25, -0.2) is 8.42 Å². The van der Waals surface area contributed by atoms with Gasteiger partial charge in [-0.3, -0.25) is 13.9 Å². The first-order valence-electron chi connectivity index (χ1n) is 14.8. The van der Waals surface area contributed by atoms with Gasteiger partial charge in [0.1, 0.15) is 24.1 Å². The lowest BCUT2D eigenvalue weighted by Gasteiger charge is -2.33. The highest BCUT2D eigenvalue weighted by molar-refractivity contribution is 7.92. The molecule has 0 radical (unpaired) electrons. The minimum Gasteiger partial charge on any atom is -0.457 e. The van der Waals surface area contributed by atoms with Crippen molar-refractivity contribution in [3.05, 3.63) is 120 Å². The highest BCUT2D eigenvalue weighted by Crippen LogP contribution is 2.29. The van der Waals surface area contributed by atoms with Crippen molar-refractivity contribution in [3.8, 4) is 11.5 Å². The second-order valence-electron chi connectivity index (χ2n) is 12.2. The standard InChI is InChI=1S/C36H41N3O5S/c1-26-15-21-33(22-16-26)45(42,43)39(30-17-19-32(20-18-30)44-31-13-8-7-9-14-31)25-34(40)38(24-29-12-10-11-27(2)23-29)28(3)35(41)37-36(4,5)6/h7-23,28H,24-25H2,1-6H3,(H,37,41). The first-order valence-corrected chi connectivity index (χ1v) is 16.3. The van der Waals surface area contributed by atoms with Crippen LogP contribution in [0.3, 0.4) is 0 Å². The fourth-order valence-corrected chi connectivity index (χ4v) is 6.15. The molecule has 4 rings (SSSR count). The molecule has 0 saturated carbocycles. The predicted molar refractivity (Wildman–Crippen MR) is 178 cm³/mol. The number of carbonyl (C=O) groups is 2. The Bertz CT molecular complexity index is 1720. The Balaban J connectivity index is 1.71. The zero-order valence-electron chi connectivity index (χ0n) is 26.7. The molecular formula is C36H41N3O5S. The second-order valence-corrected chi connectivity index (χ2v) is 14.0. The highest BCUT2D eigenvalue weighted by atomic mass is 32.2. The van der Waals surface area contributed by atoms with Gasteiger partial charge in [0.25, 0.3) is 10.0 Å². The molecule has 1 unspecified atom stereocenters. The lowest BCUT2D eigenvalue weighted by atomic mass is 10.1. The van der Waals surface area contributed by atoms with Crippen molar-refractivity contribution < 1.29 is 22.7 Å². The molecule has 2 amide bonds. The first-order chi connectivity index (χ1) is 21.2. The summed E-state index contributed by atoms with van der Waals surface area (Å²) in [6, 6.07) is 29.1. The third-order valence-corrected chi connectivity index (χ3v) is 8.88. The van der Waals surface area contributed by atoms with E-state index in [1.165, 1.54) is 17.0 Å². The highest BCUT2D eigenvalue weighted by Gasteiger charge is 2.33. The molecule has 0 heterocycles. The van der Waals surface area contributed by atoms with Crippen LogP contribution in [0, 0.1) is 13.8 Å². The van der Waals surface area contributed by atoms with E-state index in [-0.39, 0.29) is 23.0 Å². The Kier molecular flexibility index (Phi) is 10.3. The number of nitrogens with one attached hydrogen (secondary N) is 1. The number of para-hydroxylation sites is 1. The van der Waals surface area contributed by atoms with Crippen LogP contribution in [-0.4, -0.2) is 43.3 Å². The molecule has 4 aromatic rings. The van der Waals surface area contributed by atoms with Crippen molar-refractivity contribution in [1.82, 2.24) is 10.2 Å². The molecular weight excluding hydrogens is 586 g/mol. The fraction of sp³-hybridized carbons (Fsp3) is 0.278. The molecule has 0 aliphatic carbocycles. The molecule has 8 nitrogen and oxygen atoms in total. The molecule has 1 atom stereocenters. The molecule has 0 spiro atoms. The molecule has 236 valence electrons. The summed E-state index contributed by atoms with van der Waals surface area (Å²) in [4.78, 5) is 29.0. The number of hydrogen-bond donors (Lipinski definition) is 1. The lowest BCUT2D eigenvalue weighted by Crippen LogP contribution is -2.54.